The average Bonchev–Trinajstić information content (AvgIpc) is 2.84. The molecule has 1 aromatic heterocycles. The zero-order valence-corrected chi connectivity index (χ0v) is 11.5. The Morgan fingerprint density at radius 2 is 2.33 bits per heavy atom. The molecule has 0 radical (unpaired) electrons. The van der Waals surface area contributed by atoms with Crippen LogP contribution in [0.2, 0.25) is 0 Å². The van der Waals surface area contributed by atoms with Crippen molar-refractivity contribution in [2.75, 3.05) is 19.7 Å². The number of rotatable bonds is 6. The lowest BCUT2D eigenvalue weighted by molar-refractivity contribution is -0.00315. The van der Waals surface area contributed by atoms with Gasteiger partial charge in [0.25, 0.3) is 0 Å². The van der Waals surface area contributed by atoms with Gasteiger partial charge in [-0.3, -0.25) is 4.90 Å². The molecule has 1 aliphatic heterocycles. The van der Waals surface area contributed by atoms with E-state index in [0.717, 1.165) is 45.0 Å². The van der Waals surface area contributed by atoms with E-state index in [1.165, 1.54) is 12.8 Å². The maximum atomic E-state index is 5.85. The molecule has 1 aliphatic rings. The number of piperidine rings is 1. The molecule has 0 saturated carbocycles. The van der Waals surface area contributed by atoms with Gasteiger partial charge in [0, 0.05) is 19.7 Å². The van der Waals surface area contributed by atoms with Crippen LogP contribution < -0.4 is 0 Å². The van der Waals surface area contributed by atoms with E-state index < -0.39 is 0 Å². The third kappa shape index (κ3) is 3.53. The van der Waals surface area contributed by atoms with E-state index in [2.05, 4.69) is 28.8 Å². The van der Waals surface area contributed by atoms with Crippen molar-refractivity contribution in [3.05, 3.63) is 12.2 Å². The van der Waals surface area contributed by atoms with Gasteiger partial charge < -0.3 is 4.74 Å². The predicted octanol–water partition coefficient (Wildman–Crippen LogP) is 1.69. The fraction of sp³-hybridized carbons (Fsp3) is 0.846. The van der Waals surface area contributed by atoms with Gasteiger partial charge in [0.1, 0.15) is 12.2 Å². The largest absolute Gasteiger partial charge is 0.377 e. The van der Waals surface area contributed by atoms with Crippen molar-refractivity contribution in [2.45, 2.75) is 52.3 Å². The number of likely N-dealkylation sites (tertiary alicyclic amines) is 1. The fourth-order valence-corrected chi connectivity index (χ4v) is 2.45. The third-order valence-electron chi connectivity index (χ3n) is 3.38. The second-order valence-corrected chi connectivity index (χ2v) is 4.86. The highest BCUT2D eigenvalue weighted by atomic mass is 16.5. The molecule has 0 aromatic carbocycles. The van der Waals surface area contributed by atoms with Gasteiger partial charge in [0.15, 0.2) is 0 Å². The Hall–Kier alpha value is -0.940. The normalized spacial score (nSPS) is 21.3. The van der Waals surface area contributed by atoms with Crippen molar-refractivity contribution < 1.29 is 4.74 Å². The van der Waals surface area contributed by atoms with Gasteiger partial charge in [-0.25, -0.2) is 9.67 Å². The van der Waals surface area contributed by atoms with E-state index in [1.807, 2.05) is 4.68 Å². The summed E-state index contributed by atoms with van der Waals surface area (Å²) in [7, 11) is 0. The van der Waals surface area contributed by atoms with Gasteiger partial charge >= 0.3 is 0 Å². The average molecular weight is 252 g/mol. The first kappa shape index (κ1) is 13.5. The van der Waals surface area contributed by atoms with Gasteiger partial charge in [0.05, 0.1) is 12.6 Å². The Morgan fingerprint density at radius 1 is 1.44 bits per heavy atom. The van der Waals surface area contributed by atoms with Crippen LogP contribution in [0.15, 0.2) is 6.33 Å². The zero-order chi connectivity index (χ0) is 12.8. The quantitative estimate of drug-likeness (QED) is 0.772. The standard InChI is InChI=1S/C13H24N4O/c1-3-8-18-12-6-5-7-16(9-12)10-13-14-11-15-17(13)4-2/h11-12H,3-10H2,1-2H3. The number of aryl methyl sites for hydroxylation is 1. The lowest BCUT2D eigenvalue weighted by Gasteiger charge is -2.32. The second-order valence-electron chi connectivity index (χ2n) is 4.86. The maximum absolute atomic E-state index is 5.85. The van der Waals surface area contributed by atoms with Crippen molar-refractivity contribution in [3.8, 4) is 0 Å². The Labute approximate surface area is 109 Å². The minimum absolute atomic E-state index is 0.400. The molecule has 1 unspecified atom stereocenters. The minimum atomic E-state index is 0.400. The summed E-state index contributed by atoms with van der Waals surface area (Å²) in [6.07, 6.45) is 5.55. The topological polar surface area (TPSA) is 43.2 Å². The molecule has 1 fully saturated rings. The molecular formula is C13H24N4O. The summed E-state index contributed by atoms with van der Waals surface area (Å²) in [6.45, 7) is 9.08. The first-order valence-electron chi connectivity index (χ1n) is 7.04. The summed E-state index contributed by atoms with van der Waals surface area (Å²) in [5, 5.41) is 4.22. The highest BCUT2D eigenvalue weighted by Gasteiger charge is 2.21. The molecule has 1 saturated heterocycles. The smallest absolute Gasteiger partial charge is 0.140 e. The van der Waals surface area contributed by atoms with Crippen molar-refractivity contribution >= 4 is 0 Å². The summed E-state index contributed by atoms with van der Waals surface area (Å²) in [4.78, 5) is 6.77. The molecular weight excluding hydrogens is 228 g/mol. The monoisotopic (exact) mass is 252 g/mol. The molecule has 0 spiro atoms. The van der Waals surface area contributed by atoms with Crippen molar-refractivity contribution in [1.82, 2.24) is 19.7 Å². The molecule has 5 nitrogen and oxygen atoms in total. The van der Waals surface area contributed by atoms with Crippen molar-refractivity contribution in [3.63, 3.8) is 0 Å². The predicted molar refractivity (Wildman–Crippen MR) is 70.2 cm³/mol. The van der Waals surface area contributed by atoms with Crippen LogP contribution in [-0.2, 0) is 17.8 Å². The van der Waals surface area contributed by atoms with Gasteiger partial charge in [-0.1, -0.05) is 6.92 Å². The molecule has 1 aromatic rings. The van der Waals surface area contributed by atoms with E-state index >= 15 is 0 Å². The van der Waals surface area contributed by atoms with Gasteiger partial charge in [-0.15, -0.1) is 0 Å². The van der Waals surface area contributed by atoms with Gasteiger partial charge in [0.2, 0.25) is 0 Å². The van der Waals surface area contributed by atoms with Crippen LogP contribution in [0.1, 0.15) is 38.9 Å². The molecule has 102 valence electrons. The van der Waals surface area contributed by atoms with E-state index in [9.17, 15) is 0 Å². The summed E-state index contributed by atoms with van der Waals surface area (Å²) in [6, 6.07) is 0. The number of ether oxygens (including phenoxy) is 1. The van der Waals surface area contributed by atoms with Crippen LogP contribution in [-0.4, -0.2) is 45.5 Å². The molecule has 18 heavy (non-hydrogen) atoms. The summed E-state index contributed by atoms with van der Waals surface area (Å²) in [5.74, 6) is 1.06. The first-order chi connectivity index (χ1) is 8.83. The molecule has 2 rings (SSSR count). The van der Waals surface area contributed by atoms with E-state index in [0.29, 0.717) is 6.10 Å². The summed E-state index contributed by atoms with van der Waals surface area (Å²) < 4.78 is 7.82. The minimum Gasteiger partial charge on any atom is -0.377 e. The molecule has 0 bridgehead atoms. The Bertz CT molecular complexity index is 353. The second kappa shape index (κ2) is 6.85. The Balaban J connectivity index is 1.85. The molecule has 0 N–H and O–H groups in total. The SMILES string of the molecule is CCCOC1CCCN(Cc2ncnn2CC)C1. The van der Waals surface area contributed by atoms with Crippen LogP contribution in [0.5, 0.6) is 0 Å². The third-order valence-corrected chi connectivity index (χ3v) is 3.38. The first-order valence-corrected chi connectivity index (χ1v) is 7.04. The number of hydrogen-bond donors (Lipinski definition) is 0. The molecule has 5 heteroatoms. The lowest BCUT2D eigenvalue weighted by atomic mass is 10.1. The van der Waals surface area contributed by atoms with E-state index in [1.54, 1.807) is 6.33 Å². The maximum Gasteiger partial charge on any atom is 0.140 e. The van der Waals surface area contributed by atoms with Crippen LogP contribution in [0, 0.1) is 0 Å². The number of aromatic nitrogens is 3. The van der Waals surface area contributed by atoms with Crippen LogP contribution in [0.3, 0.4) is 0 Å². The van der Waals surface area contributed by atoms with E-state index in [4.69, 9.17) is 4.74 Å². The summed E-state index contributed by atoms with van der Waals surface area (Å²) in [5.41, 5.74) is 0. The number of nitrogens with zero attached hydrogens (tertiary/aromatic N) is 4. The Kier molecular flexibility index (Phi) is 5.13. The highest BCUT2D eigenvalue weighted by Crippen LogP contribution is 2.15. The van der Waals surface area contributed by atoms with Gasteiger partial charge in [-0.2, -0.15) is 5.10 Å². The molecule has 2 heterocycles. The highest BCUT2D eigenvalue weighted by molar-refractivity contribution is 4.86. The Morgan fingerprint density at radius 3 is 3.11 bits per heavy atom. The van der Waals surface area contributed by atoms with Crippen LogP contribution in [0.25, 0.3) is 0 Å². The van der Waals surface area contributed by atoms with Crippen molar-refractivity contribution in [2.24, 2.45) is 0 Å². The van der Waals surface area contributed by atoms with Crippen molar-refractivity contribution in [1.29, 1.82) is 0 Å². The summed E-state index contributed by atoms with van der Waals surface area (Å²) >= 11 is 0. The van der Waals surface area contributed by atoms with E-state index in [-0.39, 0.29) is 0 Å². The number of hydrogen-bond acceptors (Lipinski definition) is 4. The van der Waals surface area contributed by atoms with Crippen LogP contribution >= 0.6 is 0 Å². The van der Waals surface area contributed by atoms with Gasteiger partial charge in [-0.05, 0) is 32.7 Å². The molecule has 0 amide bonds. The fourth-order valence-electron chi connectivity index (χ4n) is 2.45. The lowest BCUT2D eigenvalue weighted by Crippen LogP contribution is -2.39. The van der Waals surface area contributed by atoms with Crippen LogP contribution in [0.4, 0.5) is 0 Å². The molecule has 0 aliphatic carbocycles. The zero-order valence-electron chi connectivity index (χ0n) is 11.5. The molecule has 1 atom stereocenters.